The molecule has 3 aromatic rings. The number of thiocarbonyl (C=S) groups is 1. The Hall–Kier alpha value is -4.32. The molecular weight excluding hydrogens is 592 g/mol. The van der Waals surface area contributed by atoms with Crippen LogP contribution in [0.1, 0.15) is 66.0 Å². The Morgan fingerprint density at radius 2 is 1.59 bits per heavy atom. The number of carbonyl (C=O) groups excluding carboxylic acids is 2. The van der Waals surface area contributed by atoms with E-state index in [1.165, 1.54) is 6.07 Å². The lowest BCUT2D eigenvalue weighted by atomic mass is 10.0. The molecule has 12 heteroatoms. The topological polar surface area (TPSA) is 122 Å². The van der Waals surface area contributed by atoms with E-state index in [4.69, 9.17) is 36.9 Å². The maximum Gasteiger partial charge on any atom is 0.407 e. The third-order valence-electron chi connectivity index (χ3n) is 5.66. The van der Waals surface area contributed by atoms with E-state index in [-0.39, 0.29) is 23.7 Å². The van der Waals surface area contributed by atoms with Crippen molar-refractivity contribution in [2.45, 2.75) is 78.7 Å². The van der Waals surface area contributed by atoms with Crippen molar-refractivity contribution in [3.05, 3.63) is 71.3 Å². The number of hydrogen-bond donors (Lipinski definition) is 2. The molecule has 0 aliphatic heterocycles. The van der Waals surface area contributed by atoms with Crippen molar-refractivity contribution in [3.8, 4) is 28.6 Å². The second kappa shape index (κ2) is 14.0. The van der Waals surface area contributed by atoms with Crippen LogP contribution in [0.3, 0.4) is 0 Å². The van der Waals surface area contributed by atoms with Crippen LogP contribution in [0.25, 0.3) is 11.1 Å². The summed E-state index contributed by atoms with van der Waals surface area (Å²) in [6, 6.07) is 12.7. The summed E-state index contributed by atoms with van der Waals surface area (Å²) < 4.78 is 51.3. The number of halogens is 2. The Morgan fingerprint density at radius 3 is 2.20 bits per heavy atom. The van der Waals surface area contributed by atoms with Gasteiger partial charge in [0.15, 0.2) is 17.7 Å². The molecule has 0 aliphatic carbocycles. The lowest BCUT2D eigenvalue weighted by molar-refractivity contribution is -0.163. The molecular formula is C32H37F2N3O6S. The van der Waals surface area contributed by atoms with E-state index in [0.29, 0.717) is 17.2 Å². The summed E-state index contributed by atoms with van der Waals surface area (Å²) in [6.45, 7) is 12.2. The number of rotatable bonds is 10. The van der Waals surface area contributed by atoms with E-state index >= 15 is 0 Å². The zero-order chi connectivity index (χ0) is 32.8. The minimum Gasteiger partial charge on any atom is -0.460 e. The summed E-state index contributed by atoms with van der Waals surface area (Å²) >= 11 is 5.18. The Bertz CT molecular complexity index is 1540. The first-order valence-electron chi connectivity index (χ1n) is 13.9. The lowest BCUT2D eigenvalue weighted by Gasteiger charge is -2.23. The van der Waals surface area contributed by atoms with Crippen LogP contribution in [0.15, 0.2) is 48.5 Å². The molecule has 2 aromatic carbocycles. The quantitative estimate of drug-likeness (QED) is 0.181. The first-order chi connectivity index (χ1) is 20.4. The van der Waals surface area contributed by atoms with Crippen molar-refractivity contribution in [2.75, 3.05) is 0 Å². The third-order valence-corrected chi connectivity index (χ3v) is 5.90. The zero-order valence-electron chi connectivity index (χ0n) is 25.7. The molecule has 1 aromatic heterocycles. The Balaban J connectivity index is 1.90. The van der Waals surface area contributed by atoms with Crippen LogP contribution in [0.2, 0.25) is 0 Å². The summed E-state index contributed by atoms with van der Waals surface area (Å²) in [5.74, 6) is -4.06. The predicted molar refractivity (Wildman–Crippen MR) is 166 cm³/mol. The van der Waals surface area contributed by atoms with Crippen molar-refractivity contribution in [1.29, 1.82) is 0 Å². The van der Waals surface area contributed by atoms with Gasteiger partial charge in [0, 0.05) is 18.2 Å². The van der Waals surface area contributed by atoms with Gasteiger partial charge in [-0.2, -0.15) is 4.98 Å². The van der Waals surface area contributed by atoms with E-state index in [1.54, 1.807) is 66.7 Å². The summed E-state index contributed by atoms with van der Waals surface area (Å²) in [5.41, 5.74) is 7.01. The fraction of sp³-hybridized carbons (Fsp3) is 0.375. The number of alkyl carbamates (subject to hydrolysis) is 1. The minimum absolute atomic E-state index is 0.0548. The van der Waals surface area contributed by atoms with E-state index in [9.17, 15) is 18.4 Å². The number of carbonyl (C=O) groups is 2. The number of benzene rings is 2. The van der Waals surface area contributed by atoms with Gasteiger partial charge in [0.2, 0.25) is 0 Å². The highest BCUT2D eigenvalue weighted by Crippen LogP contribution is 2.32. The SMILES string of the molecule is CCC(Oc1nc(Oc2cc(C(N)=S)cc(-c3cccc(CNC(=O)OC(C)(C)C)c3)c2)c(F)cc1F)C(=O)OC(C)(C)C. The van der Waals surface area contributed by atoms with Crippen LogP contribution in [0.4, 0.5) is 13.6 Å². The Morgan fingerprint density at radius 1 is 0.932 bits per heavy atom. The molecule has 236 valence electrons. The van der Waals surface area contributed by atoms with E-state index in [0.717, 1.165) is 11.1 Å². The van der Waals surface area contributed by atoms with Crippen molar-refractivity contribution in [2.24, 2.45) is 5.73 Å². The van der Waals surface area contributed by atoms with E-state index in [1.807, 2.05) is 18.2 Å². The lowest BCUT2D eigenvalue weighted by Crippen LogP contribution is -2.35. The largest absolute Gasteiger partial charge is 0.460 e. The highest BCUT2D eigenvalue weighted by molar-refractivity contribution is 7.80. The summed E-state index contributed by atoms with van der Waals surface area (Å²) in [4.78, 5) is 28.5. The fourth-order valence-corrected chi connectivity index (χ4v) is 3.93. The molecule has 44 heavy (non-hydrogen) atoms. The van der Waals surface area contributed by atoms with Crippen LogP contribution >= 0.6 is 12.2 Å². The molecule has 0 aliphatic rings. The van der Waals surface area contributed by atoms with E-state index in [2.05, 4.69) is 10.3 Å². The smallest absolute Gasteiger partial charge is 0.407 e. The van der Waals surface area contributed by atoms with Gasteiger partial charge in [-0.3, -0.25) is 0 Å². The number of esters is 1. The number of hydrogen-bond acceptors (Lipinski definition) is 8. The van der Waals surface area contributed by atoms with Crippen LogP contribution in [0, 0.1) is 11.6 Å². The maximum absolute atomic E-state index is 14.8. The number of amides is 1. The zero-order valence-corrected chi connectivity index (χ0v) is 26.6. The van der Waals surface area contributed by atoms with Crippen molar-refractivity contribution < 1.29 is 37.3 Å². The highest BCUT2D eigenvalue weighted by Gasteiger charge is 2.28. The third kappa shape index (κ3) is 10.1. The number of nitrogens with two attached hydrogens (primary N) is 1. The highest BCUT2D eigenvalue weighted by atomic mass is 32.1. The molecule has 0 fully saturated rings. The summed E-state index contributed by atoms with van der Waals surface area (Å²) in [5, 5.41) is 2.71. The standard InChI is InChI=1S/C32H37F2N3O6S/c1-8-25(29(38)42-31(2,3)4)41-28-24(34)16-23(33)27(37-28)40-22-14-20(13-21(15-22)26(35)44)19-11-9-10-18(12-19)17-36-30(39)43-32(5,6)7/h9-16,25H,8,17H2,1-7H3,(H2,35,44)(H,36,39). The van der Waals surface area contributed by atoms with Gasteiger partial charge >= 0.3 is 12.1 Å². The van der Waals surface area contributed by atoms with Gasteiger partial charge in [-0.1, -0.05) is 37.3 Å². The van der Waals surface area contributed by atoms with Gasteiger partial charge in [0.05, 0.1) is 0 Å². The Kier molecular flexibility index (Phi) is 10.9. The van der Waals surface area contributed by atoms with Crippen molar-refractivity contribution in [1.82, 2.24) is 10.3 Å². The average Bonchev–Trinajstić information content (AvgIpc) is 2.90. The first-order valence-corrected chi connectivity index (χ1v) is 14.3. The van der Waals surface area contributed by atoms with Gasteiger partial charge in [-0.25, -0.2) is 18.4 Å². The van der Waals surface area contributed by atoms with E-state index < -0.39 is 52.8 Å². The molecule has 1 heterocycles. The second-order valence-corrected chi connectivity index (χ2v) is 12.3. The van der Waals surface area contributed by atoms with Gasteiger partial charge in [0.1, 0.15) is 21.9 Å². The van der Waals surface area contributed by atoms with Crippen LogP contribution < -0.4 is 20.5 Å². The number of pyridine rings is 1. The first kappa shape index (κ1) is 34.2. The molecule has 0 saturated carbocycles. The Labute approximate surface area is 261 Å². The molecule has 0 saturated heterocycles. The molecule has 3 N–H and O–H groups in total. The summed E-state index contributed by atoms with van der Waals surface area (Å²) in [6.07, 6.45) is -1.59. The predicted octanol–water partition coefficient (Wildman–Crippen LogP) is 6.98. The molecule has 1 atom stereocenters. The maximum atomic E-state index is 14.8. The van der Waals surface area contributed by atoms with Crippen LogP contribution in [0.5, 0.6) is 17.5 Å². The van der Waals surface area contributed by atoms with Gasteiger partial charge in [0.25, 0.3) is 11.8 Å². The number of aromatic nitrogens is 1. The molecule has 1 amide bonds. The molecule has 0 spiro atoms. The van der Waals surface area contributed by atoms with Crippen LogP contribution in [-0.4, -0.2) is 39.3 Å². The molecule has 0 bridgehead atoms. The molecule has 1 unspecified atom stereocenters. The van der Waals surface area contributed by atoms with Gasteiger partial charge in [-0.05, 0) is 88.9 Å². The van der Waals surface area contributed by atoms with Gasteiger partial charge in [-0.15, -0.1) is 0 Å². The molecule has 3 rings (SSSR count). The fourth-order valence-electron chi connectivity index (χ4n) is 3.82. The number of nitrogens with zero attached hydrogens (tertiary/aromatic N) is 1. The summed E-state index contributed by atoms with van der Waals surface area (Å²) in [7, 11) is 0. The molecule has 9 nitrogen and oxygen atoms in total. The van der Waals surface area contributed by atoms with Crippen LogP contribution in [-0.2, 0) is 20.8 Å². The van der Waals surface area contributed by atoms with Gasteiger partial charge < -0.3 is 30.0 Å². The normalized spacial score (nSPS) is 12.2. The minimum atomic E-state index is -1.18. The number of ether oxygens (including phenoxy) is 4. The van der Waals surface area contributed by atoms with Crippen molar-refractivity contribution >= 4 is 29.3 Å². The second-order valence-electron chi connectivity index (χ2n) is 11.9. The monoisotopic (exact) mass is 629 g/mol. The molecule has 0 radical (unpaired) electrons. The van der Waals surface area contributed by atoms with Crippen molar-refractivity contribution in [3.63, 3.8) is 0 Å². The number of nitrogens with one attached hydrogen (secondary N) is 1. The average molecular weight is 630 g/mol.